The number of rotatable bonds is 5. The van der Waals surface area contributed by atoms with E-state index in [1.54, 1.807) is 30.3 Å². The number of urea groups is 1. The van der Waals surface area contributed by atoms with E-state index < -0.39 is 6.03 Å². The van der Waals surface area contributed by atoms with Gasteiger partial charge in [-0.05, 0) is 52.3 Å². The van der Waals surface area contributed by atoms with Gasteiger partial charge in [-0.2, -0.15) is 0 Å². The van der Waals surface area contributed by atoms with E-state index in [1.807, 2.05) is 39.0 Å². The number of carbonyl (C=O) groups is 1. The van der Waals surface area contributed by atoms with Gasteiger partial charge in [0.1, 0.15) is 29.2 Å². The molecule has 2 aromatic heterocycles. The number of aromatic nitrogens is 3. The van der Waals surface area contributed by atoms with Gasteiger partial charge in [-0.1, -0.05) is 32.0 Å². The number of fused-ring (bicyclic) bond motifs is 1. The molecule has 0 saturated heterocycles. The monoisotopic (exact) mass is 407 g/mol. The van der Waals surface area contributed by atoms with E-state index in [2.05, 4.69) is 26.1 Å². The summed E-state index contributed by atoms with van der Waals surface area (Å²) in [5.74, 6) is 1.72. The number of benzene rings is 2. The third-order valence-electron chi connectivity index (χ3n) is 4.33. The van der Waals surface area contributed by atoms with Crippen molar-refractivity contribution in [1.29, 1.82) is 0 Å². The number of anilines is 2. The molecule has 0 spiro atoms. The highest BCUT2D eigenvalue weighted by Crippen LogP contribution is 2.24. The van der Waals surface area contributed by atoms with Crippen molar-refractivity contribution in [3.05, 3.63) is 59.9 Å². The van der Waals surface area contributed by atoms with Gasteiger partial charge in [0.25, 0.3) is 0 Å². The second kappa shape index (κ2) is 7.86. The van der Waals surface area contributed by atoms with Crippen molar-refractivity contribution >= 4 is 28.6 Å². The van der Waals surface area contributed by atoms with Crippen LogP contribution in [0.3, 0.4) is 0 Å². The quantitative estimate of drug-likeness (QED) is 0.491. The number of carbonyl (C=O) groups excluding carboxylic acids is 1. The van der Waals surface area contributed by atoms with Crippen molar-refractivity contribution in [2.24, 2.45) is 0 Å². The van der Waals surface area contributed by atoms with Crippen LogP contribution in [0.15, 0.2) is 57.7 Å². The molecule has 0 aliphatic rings. The van der Waals surface area contributed by atoms with Crippen molar-refractivity contribution in [2.45, 2.75) is 32.8 Å². The van der Waals surface area contributed by atoms with Crippen LogP contribution in [0.4, 0.5) is 16.3 Å². The van der Waals surface area contributed by atoms with E-state index in [4.69, 9.17) is 13.9 Å². The highest BCUT2D eigenvalue weighted by molar-refractivity contribution is 5.99. The Morgan fingerprint density at radius 1 is 0.967 bits per heavy atom. The first-order valence-electron chi connectivity index (χ1n) is 9.36. The fourth-order valence-corrected chi connectivity index (χ4v) is 2.68. The van der Waals surface area contributed by atoms with Crippen LogP contribution in [-0.2, 0) is 12.0 Å². The van der Waals surface area contributed by atoms with E-state index in [0.717, 1.165) is 5.56 Å². The van der Waals surface area contributed by atoms with Crippen LogP contribution < -0.4 is 15.4 Å². The summed E-state index contributed by atoms with van der Waals surface area (Å²) in [5.41, 5.74) is 2.77. The SMILES string of the molecule is CC(C)(C)c1cc(NC(=O)Nc2ccc(OCc3ccc4nonc4c3)cc2)no1. The van der Waals surface area contributed by atoms with E-state index >= 15 is 0 Å². The van der Waals surface area contributed by atoms with Gasteiger partial charge in [-0.25, -0.2) is 9.42 Å². The van der Waals surface area contributed by atoms with Gasteiger partial charge in [0, 0.05) is 17.2 Å². The van der Waals surface area contributed by atoms with Crippen LogP contribution in [-0.4, -0.2) is 21.5 Å². The molecule has 2 N–H and O–H groups in total. The molecule has 0 atom stereocenters. The molecule has 0 radical (unpaired) electrons. The maximum Gasteiger partial charge on any atom is 0.324 e. The van der Waals surface area contributed by atoms with E-state index in [1.165, 1.54) is 0 Å². The molecule has 2 aromatic carbocycles. The van der Waals surface area contributed by atoms with Gasteiger partial charge in [0.2, 0.25) is 0 Å². The van der Waals surface area contributed by atoms with Crippen LogP contribution >= 0.6 is 0 Å². The van der Waals surface area contributed by atoms with E-state index in [0.29, 0.717) is 40.7 Å². The smallest absolute Gasteiger partial charge is 0.324 e. The zero-order valence-electron chi connectivity index (χ0n) is 16.8. The Hall–Kier alpha value is -3.88. The van der Waals surface area contributed by atoms with Crippen LogP contribution in [0.2, 0.25) is 0 Å². The van der Waals surface area contributed by atoms with Crippen LogP contribution in [0.5, 0.6) is 5.75 Å². The van der Waals surface area contributed by atoms with Gasteiger partial charge in [0.15, 0.2) is 5.82 Å². The molecule has 0 unspecified atom stereocenters. The van der Waals surface area contributed by atoms with Crippen LogP contribution in [0.1, 0.15) is 32.1 Å². The molecule has 9 heteroatoms. The molecule has 154 valence electrons. The maximum absolute atomic E-state index is 12.2. The fraction of sp³-hybridized carbons (Fsp3) is 0.238. The lowest BCUT2D eigenvalue weighted by Gasteiger charge is -2.12. The second-order valence-corrected chi connectivity index (χ2v) is 7.81. The molecular formula is C21H21N5O4. The summed E-state index contributed by atoms with van der Waals surface area (Å²) >= 11 is 0. The van der Waals surface area contributed by atoms with Crippen molar-refractivity contribution in [2.75, 3.05) is 10.6 Å². The Labute approximate surface area is 172 Å². The predicted octanol–water partition coefficient (Wildman–Crippen LogP) is 4.73. The maximum atomic E-state index is 12.2. The van der Waals surface area contributed by atoms with Gasteiger partial charge in [0.05, 0.1) is 0 Å². The summed E-state index contributed by atoms with van der Waals surface area (Å²) in [6.45, 7) is 6.39. The summed E-state index contributed by atoms with van der Waals surface area (Å²) < 4.78 is 15.7. The molecule has 30 heavy (non-hydrogen) atoms. The minimum atomic E-state index is -0.410. The molecule has 2 heterocycles. The molecule has 2 amide bonds. The molecule has 0 fully saturated rings. The first-order chi connectivity index (χ1) is 14.4. The number of amides is 2. The lowest BCUT2D eigenvalue weighted by atomic mass is 9.93. The Morgan fingerprint density at radius 3 is 2.47 bits per heavy atom. The molecule has 0 saturated carbocycles. The largest absolute Gasteiger partial charge is 0.489 e. The molecule has 0 bridgehead atoms. The van der Waals surface area contributed by atoms with Crippen LogP contribution in [0.25, 0.3) is 11.0 Å². The molecule has 0 aliphatic heterocycles. The van der Waals surface area contributed by atoms with Crippen LogP contribution in [0, 0.1) is 0 Å². The highest BCUT2D eigenvalue weighted by atomic mass is 16.6. The average molecular weight is 407 g/mol. The van der Waals surface area contributed by atoms with E-state index in [-0.39, 0.29) is 5.41 Å². The zero-order valence-corrected chi connectivity index (χ0v) is 16.8. The van der Waals surface area contributed by atoms with Crippen molar-refractivity contribution in [3.63, 3.8) is 0 Å². The Morgan fingerprint density at radius 2 is 1.73 bits per heavy atom. The normalized spacial score (nSPS) is 11.4. The third-order valence-corrected chi connectivity index (χ3v) is 4.33. The molecule has 4 aromatic rings. The number of nitrogens with zero attached hydrogens (tertiary/aromatic N) is 3. The topological polar surface area (TPSA) is 115 Å². The fourth-order valence-electron chi connectivity index (χ4n) is 2.68. The average Bonchev–Trinajstić information content (AvgIpc) is 3.36. The van der Waals surface area contributed by atoms with Gasteiger partial charge < -0.3 is 14.6 Å². The Kier molecular flexibility index (Phi) is 5.09. The summed E-state index contributed by atoms with van der Waals surface area (Å²) in [6.07, 6.45) is 0. The lowest BCUT2D eigenvalue weighted by molar-refractivity contribution is 0.262. The Balaban J connectivity index is 1.30. The number of nitrogens with one attached hydrogen (secondary N) is 2. The summed E-state index contributed by atoms with van der Waals surface area (Å²) in [6, 6.07) is 14.0. The minimum absolute atomic E-state index is 0.184. The third kappa shape index (κ3) is 4.57. The van der Waals surface area contributed by atoms with E-state index in [9.17, 15) is 4.79 Å². The standard InChI is InChI=1S/C21H21N5O4/c1-21(2,3)18-11-19(26-29-18)23-20(27)22-14-5-7-15(8-6-14)28-12-13-4-9-16-17(10-13)25-30-24-16/h4-11H,12H2,1-3H3,(H2,22,23,26,27). The molecule has 9 nitrogen and oxygen atoms in total. The number of hydrogen-bond acceptors (Lipinski definition) is 7. The minimum Gasteiger partial charge on any atom is -0.489 e. The molecular weight excluding hydrogens is 386 g/mol. The Bertz CT molecular complexity index is 1160. The van der Waals surface area contributed by atoms with Crippen molar-refractivity contribution in [1.82, 2.24) is 15.5 Å². The molecule has 0 aliphatic carbocycles. The van der Waals surface area contributed by atoms with Gasteiger partial charge >= 0.3 is 6.03 Å². The zero-order chi connectivity index (χ0) is 21.1. The van der Waals surface area contributed by atoms with Gasteiger partial charge in [-0.15, -0.1) is 0 Å². The second-order valence-electron chi connectivity index (χ2n) is 7.81. The lowest BCUT2D eigenvalue weighted by Crippen LogP contribution is -2.19. The van der Waals surface area contributed by atoms with Gasteiger partial charge in [-0.3, -0.25) is 5.32 Å². The first-order valence-corrected chi connectivity index (χ1v) is 9.36. The van der Waals surface area contributed by atoms with Crippen molar-refractivity contribution in [3.8, 4) is 5.75 Å². The summed E-state index contributed by atoms with van der Waals surface area (Å²) in [4.78, 5) is 12.2. The summed E-state index contributed by atoms with van der Waals surface area (Å²) in [5, 5.41) is 16.9. The highest BCUT2D eigenvalue weighted by Gasteiger charge is 2.20. The first kappa shape index (κ1) is 19.4. The van der Waals surface area contributed by atoms with Crippen molar-refractivity contribution < 1.29 is 18.7 Å². The number of hydrogen-bond donors (Lipinski definition) is 2. The molecule has 4 rings (SSSR count). The predicted molar refractivity (Wildman–Crippen MR) is 110 cm³/mol. The summed E-state index contributed by atoms with van der Waals surface area (Å²) in [7, 11) is 0. The number of ether oxygens (including phenoxy) is 1.